The van der Waals surface area contributed by atoms with E-state index in [9.17, 15) is 4.79 Å². The van der Waals surface area contributed by atoms with Gasteiger partial charge in [0.2, 0.25) is 0 Å². The quantitative estimate of drug-likeness (QED) is 0.676. The molecule has 0 bridgehead atoms. The van der Waals surface area contributed by atoms with Crippen LogP contribution in [0.5, 0.6) is 5.75 Å². The van der Waals surface area contributed by atoms with E-state index in [1.54, 1.807) is 0 Å². The van der Waals surface area contributed by atoms with Crippen molar-refractivity contribution < 1.29 is 9.53 Å². The highest BCUT2D eigenvalue weighted by molar-refractivity contribution is 5.74. The Bertz CT molecular complexity index is 507. The Balaban J connectivity index is 1.71. The molecule has 0 radical (unpaired) electrons. The number of nitrogens with one attached hydrogen (secondary N) is 2. The van der Waals surface area contributed by atoms with Gasteiger partial charge in [0, 0.05) is 6.04 Å². The number of carbonyl (C=O) groups excluding carboxylic acids is 1. The van der Waals surface area contributed by atoms with E-state index in [1.165, 1.54) is 57.8 Å². The predicted octanol–water partition coefficient (Wildman–Crippen LogP) is 5.56. The van der Waals surface area contributed by atoms with Crippen molar-refractivity contribution in [2.45, 2.75) is 90.0 Å². The summed E-state index contributed by atoms with van der Waals surface area (Å²) in [5, 5.41) is 6.00. The first-order valence-corrected chi connectivity index (χ1v) is 10.5. The molecule has 2 amide bonds. The monoisotopic (exact) mass is 360 g/mol. The zero-order valence-electron chi connectivity index (χ0n) is 16.4. The molecule has 4 heteroatoms. The van der Waals surface area contributed by atoms with Crippen LogP contribution in [0, 0.1) is 0 Å². The first kappa shape index (κ1) is 20.6. The summed E-state index contributed by atoms with van der Waals surface area (Å²) in [4.78, 5) is 12.2. The molecular weight excluding hydrogens is 324 g/mol. The fraction of sp³-hybridized carbons (Fsp3) is 0.682. The van der Waals surface area contributed by atoms with Crippen LogP contribution in [-0.4, -0.2) is 18.8 Å². The van der Waals surface area contributed by atoms with Crippen LogP contribution in [0.1, 0.15) is 83.1 Å². The van der Waals surface area contributed by atoms with Gasteiger partial charge >= 0.3 is 6.03 Å². The summed E-state index contributed by atoms with van der Waals surface area (Å²) in [5.74, 6) is 0.848. The van der Waals surface area contributed by atoms with E-state index in [-0.39, 0.29) is 18.8 Å². The molecular formula is C22H36N2O2. The SMILES string of the molecule is CCc1ccccc1OCNC(=O)NC1CCCCCCCCCCC1. The second-order valence-corrected chi connectivity index (χ2v) is 7.36. The van der Waals surface area contributed by atoms with Crippen LogP contribution < -0.4 is 15.4 Å². The van der Waals surface area contributed by atoms with Crippen LogP contribution in [0.2, 0.25) is 0 Å². The Labute approximate surface area is 159 Å². The summed E-state index contributed by atoms with van der Waals surface area (Å²) in [6, 6.07) is 8.15. The lowest BCUT2D eigenvalue weighted by Gasteiger charge is -2.20. The third-order valence-electron chi connectivity index (χ3n) is 5.25. The van der Waals surface area contributed by atoms with Crippen LogP contribution in [0.15, 0.2) is 24.3 Å². The zero-order chi connectivity index (χ0) is 18.5. The molecule has 0 atom stereocenters. The summed E-state index contributed by atoms with van der Waals surface area (Å²) in [6.45, 7) is 2.31. The van der Waals surface area contributed by atoms with E-state index < -0.39 is 0 Å². The van der Waals surface area contributed by atoms with Crippen molar-refractivity contribution in [3.63, 3.8) is 0 Å². The highest BCUT2D eigenvalue weighted by atomic mass is 16.5. The molecule has 26 heavy (non-hydrogen) atoms. The largest absolute Gasteiger partial charge is 0.473 e. The van der Waals surface area contributed by atoms with Gasteiger partial charge in [0.1, 0.15) is 5.75 Å². The lowest BCUT2D eigenvalue weighted by molar-refractivity contribution is 0.218. The third-order valence-corrected chi connectivity index (χ3v) is 5.25. The Kier molecular flexibility index (Phi) is 9.99. The maximum Gasteiger partial charge on any atom is 0.317 e. The lowest BCUT2D eigenvalue weighted by Crippen LogP contribution is -2.43. The number of amides is 2. The average molecular weight is 361 g/mol. The van der Waals surface area contributed by atoms with Crippen LogP contribution in [0.25, 0.3) is 0 Å². The molecule has 0 aliphatic heterocycles. The summed E-state index contributed by atoms with van der Waals surface area (Å²) in [6.07, 6.45) is 14.9. The molecule has 1 aliphatic carbocycles. The van der Waals surface area contributed by atoms with Crippen molar-refractivity contribution in [1.82, 2.24) is 10.6 Å². The van der Waals surface area contributed by atoms with Gasteiger partial charge in [-0.15, -0.1) is 0 Å². The van der Waals surface area contributed by atoms with Crippen molar-refractivity contribution in [1.29, 1.82) is 0 Å². The molecule has 1 saturated carbocycles. The molecule has 1 aliphatic rings. The van der Waals surface area contributed by atoms with Gasteiger partial charge in [0.05, 0.1) is 0 Å². The predicted molar refractivity (Wildman–Crippen MR) is 108 cm³/mol. The summed E-state index contributed by atoms with van der Waals surface area (Å²) >= 11 is 0. The molecule has 2 N–H and O–H groups in total. The Morgan fingerprint density at radius 1 is 0.962 bits per heavy atom. The molecule has 1 aromatic carbocycles. The second kappa shape index (κ2) is 12.6. The van der Waals surface area contributed by atoms with E-state index in [4.69, 9.17) is 4.74 Å². The minimum atomic E-state index is -0.115. The number of aryl methyl sites for hydroxylation is 1. The van der Waals surface area contributed by atoms with Gasteiger partial charge in [-0.2, -0.15) is 0 Å². The fourth-order valence-corrected chi connectivity index (χ4v) is 3.66. The smallest absolute Gasteiger partial charge is 0.317 e. The van der Waals surface area contributed by atoms with Gasteiger partial charge in [0.15, 0.2) is 6.73 Å². The Morgan fingerprint density at radius 3 is 2.15 bits per heavy atom. The van der Waals surface area contributed by atoms with Crippen LogP contribution in [-0.2, 0) is 6.42 Å². The number of hydrogen-bond acceptors (Lipinski definition) is 2. The van der Waals surface area contributed by atoms with Gasteiger partial charge < -0.3 is 15.4 Å². The van der Waals surface area contributed by atoms with Crippen molar-refractivity contribution in [2.24, 2.45) is 0 Å². The van der Waals surface area contributed by atoms with Crippen molar-refractivity contribution in [3.05, 3.63) is 29.8 Å². The number of para-hydroxylation sites is 1. The molecule has 0 unspecified atom stereocenters. The fourth-order valence-electron chi connectivity index (χ4n) is 3.66. The topological polar surface area (TPSA) is 50.4 Å². The van der Waals surface area contributed by atoms with E-state index in [2.05, 4.69) is 23.6 Å². The standard InChI is InChI=1S/C22H36N2O2/c1-2-19-14-12-13-17-21(19)26-18-23-22(25)24-20-15-10-8-6-4-3-5-7-9-11-16-20/h12-14,17,20H,2-11,15-16,18H2,1H3,(H2,23,24,25). The zero-order valence-corrected chi connectivity index (χ0v) is 16.4. The van der Waals surface area contributed by atoms with Crippen LogP contribution in [0.3, 0.4) is 0 Å². The maximum atomic E-state index is 12.2. The van der Waals surface area contributed by atoms with Crippen molar-refractivity contribution in [3.8, 4) is 5.75 Å². The highest BCUT2D eigenvalue weighted by Crippen LogP contribution is 2.18. The molecule has 4 nitrogen and oxygen atoms in total. The lowest BCUT2D eigenvalue weighted by atomic mass is 9.98. The Hall–Kier alpha value is -1.71. The minimum Gasteiger partial charge on any atom is -0.473 e. The van der Waals surface area contributed by atoms with E-state index >= 15 is 0 Å². The normalized spacial score (nSPS) is 17.6. The molecule has 1 fully saturated rings. The number of benzene rings is 1. The highest BCUT2D eigenvalue weighted by Gasteiger charge is 2.12. The van der Waals surface area contributed by atoms with Crippen LogP contribution in [0.4, 0.5) is 4.79 Å². The van der Waals surface area contributed by atoms with Crippen molar-refractivity contribution in [2.75, 3.05) is 6.73 Å². The molecule has 0 spiro atoms. The average Bonchev–Trinajstić information content (AvgIpc) is 2.64. The van der Waals surface area contributed by atoms with Gasteiger partial charge in [0.25, 0.3) is 0 Å². The third kappa shape index (κ3) is 8.11. The van der Waals surface area contributed by atoms with E-state index in [0.717, 1.165) is 30.6 Å². The number of urea groups is 1. The van der Waals surface area contributed by atoms with Crippen molar-refractivity contribution >= 4 is 6.03 Å². The maximum absolute atomic E-state index is 12.2. The first-order valence-electron chi connectivity index (χ1n) is 10.5. The van der Waals surface area contributed by atoms with Crippen LogP contribution >= 0.6 is 0 Å². The Morgan fingerprint density at radius 2 is 1.54 bits per heavy atom. The van der Waals surface area contributed by atoms with E-state index in [0.29, 0.717) is 0 Å². The van der Waals surface area contributed by atoms with Gasteiger partial charge in [-0.1, -0.05) is 82.9 Å². The molecule has 2 rings (SSSR count). The van der Waals surface area contributed by atoms with Gasteiger partial charge in [-0.25, -0.2) is 4.79 Å². The molecule has 0 heterocycles. The van der Waals surface area contributed by atoms with Gasteiger partial charge in [-0.3, -0.25) is 0 Å². The van der Waals surface area contributed by atoms with E-state index in [1.807, 2.05) is 18.2 Å². The number of carbonyl (C=O) groups is 1. The molecule has 0 saturated heterocycles. The number of hydrogen-bond donors (Lipinski definition) is 2. The summed E-state index contributed by atoms with van der Waals surface area (Å²) in [5.41, 5.74) is 1.16. The molecule has 1 aromatic rings. The summed E-state index contributed by atoms with van der Waals surface area (Å²) in [7, 11) is 0. The summed E-state index contributed by atoms with van der Waals surface area (Å²) < 4.78 is 5.73. The van der Waals surface area contributed by atoms with Gasteiger partial charge in [-0.05, 0) is 30.9 Å². The molecule has 0 aromatic heterocycles. The first-order chi connectivity index (χ1) is 12.8. The number of rotatable bonds is 5. The number of ether oxygens (including phenoxy) is 1. The molecule has 146 valence electrons. The minimum absolute atomic E-state index is 0.115. The second-order valence-electron chi connectivity index (χ2n) is 7.36.